The first-order valence-corrected chi connectivity index (χ1v) is 13.3. The second-order valence-corrected chi connectivity index (χ2v) is 10.5. The molecule has 3 heterocycles. The van der Waals surface area contributed by atoms with Crippen molar-refractivity contribution in [3.8, 4) is 10.4 Å². The van der Waals surface area contributed by atoms with E-state index in [0.29, 0.717) is 42.0 Å². The number of likely N-dealkylation sites (N-methyl/N-ethyl adjacent to an activating group) is 1. The third kappa shape index (κ3) is 5.67. The van der Waals surface area contributed by atoms with Gasteiger partial charge in [0.05, 0.1) is 11.1 Å². The SMILES string of the molecule is CCCN(CCC)C(=O)C1=Cc2ccc(-c3cc4c(=O)n(CC(=O)N(C)C)ccc4s3)cc2N=C(N)C1. The molecule has 0 unspecified atom stereocenters. The van der Waals surface area contributed by atoms with Crippen LogP contribution >= 0.6 is 11.3 Å². The van der Waals surface area contributed by atoms with Crippen molar-refractivity contribution in [1.29, 1.82) is 0 Å². The van der Waals surface area contributed by atoms with Gasteiger partial charge >= 0.3 is 0 Å². The second kappa shape index (κ2) is 11.1. The number of fused-ring (bicyclic) bond motifs is 2. The first-order chi connectivity index (χ1) is 17.7. The van der Waals surface area contributed by atoms with Crippen molar-refractivity contribution in [2.75, 3.05) is 27.2 Å². The number of amidine groups is 1. The molecule has 4 rings (SSSR count). The summed E-state index contributed by atoms with van der Waals surface area (Å²) in [5.41, 5.74) is 9.14. The van der Waals surface area contributed by atoms with E-state index in [1.165, 1.54) is 20.8 Å². The molecule has 0 spiro atoms. The predicted molar refractivity (Wildman–Crippen MR) is 151 cm³/mol. The van der Waals surface area contributed by atoms with Crippen molar-refractivity contribution < 1.29 is 9.59 Å². The number of carbonyl (C=O) groups excluding carboxylic acids is 2. The summed E-state index contributed by atoms with van der Waals surface area (Å²) in [6.07, 6.45) is 5.66. The molecule has 8 nitrogen and oxygen atoms in total. The predicted octanol–water partition coefficient (Wildman–Crippen LogP) is 4.24. The Morgan fingerprint density at radius 1 is 1.11 bits per heavy atom. The number of aliphatic imine (C=N–C) groups is 1. The van der Waals surface area contributed by atoms with Gasteiger partial charge in [-0.05, 0) is 42.7 Å². The van der Waals surface area contributed by atoms with Crippen LogP contribution in [0.1, 0.15) is 38.7 Å². The number of amides is 2. The largest absolute Gasteiger partial charge is 0.387 e. The lowest BCUT2D eigenvalue weighted by atomic mass is 10.0. The summed E-state index contributed by atoms with van der Waals surface area (Å²) in [6.45, 7) is 5.56. The summed E-state index contributed by atoms with van der Waals surface area (Å²) in [7, 11) is 3.34. The van der Waals surface area contributed by atoms with Crippen molar-refractivity contribution in [2.45, 2.75) is 39.7 Å². The molecular weight excluding hydrogens is 486 g/mol. The minimum atomic E-state index is -0.193. The quantitative estimate of drug-likeness (QED) is 0.481. The van der Waals surface area contributed by atoms with Gasteiger partial charge in [-0.3, -0.25) is 14.4 Å². The van der Waals surface area contributed by atoms with Crippen LogP contribution in [0.4, 0.5) is 5.69 Å². The lowest BCUT2D eigenvalue weighted by Crippen LogP contribution is -2.34. The Labute approximate surface area is 220 Å². The van der Waals surface area contributed by atoms with Gasteiger partial charge in [0.25, 0.3) is 5.56 Å². The van der Waals surface area contributed by atoms with Crippen LogP contribution in [0.3, 0.4) is 0 Å². The van der Waals surface area contributed by atoms with Gasteiger partial charge in [-0.25, -0.2) is 4.99 Å². The van der Waals surface area contributed by atoms with E-state index in [1.54, 1.807) is 20.3 Å². The number of nitrogens with zero attached hydrogens (tertiary/aromatic N) is 4. The molecule has 0 bridgehead atoms. The Kier molecular flexibility index (Phi) is 7.92. The maximum Gasteiger partial charge on any atom is 0.259 e. The lowest BCUT2D eigenvalue weighted by molar-refractivity contribution is -0.129. The van der Waals surface area contributed by atoms with Gasteiger partial charge in [-0.15, -0.1) is 11.3 Å². The fourth-order valence-corrected chi connectivity index (χ4v) is 5.41. The third-order valence-electron chi connectivity index (χ3n) is 6.29. The van der Waals surface area contributed by atoms with Crippen LogP contribution in [0.25, 0.3) is 26.6 Å². The smallest absolute Gasteiger partial charge is 0.259 e. The zero-order valence-corrected chi connectivity index (χ0v) is 22.6. The van der Waals surface area contributed by atoms with Crippen LogP contribution < -0.4 is 11.3 Å². The van der Waals surface area contributed by atoms with E-state index in [1.807, 2.05) is 41.3 Å². The van der Waals surface area contributed by atoms with E-state index in [4.69, 9.17) is 5.73 Å². The van der Waals surface area contributed by atoms with Gasteiger partial charge in [0.1, 0.15) is 12.4 Å². The summed E-state index contributed by atoms with van der Waals surface area (Å²) in [5.74, 6) is 0.261. The van der Waals surface area contributed by atoms with Gasteiger partial charge in [-0.2, -0.15) is 0 Å². The third-order valence-corrected chi connectivity index (χ3v) is 7.44. The van der Waals surface area contributed by atoms with E-state index in [-0.39, 0.29) is 23.9 Å². The maximum atomic E-state index is 13.2. The minimum Gasteiger partial charge on any atom is -0.387 e. The van der Waals surface area contributed by atoms with E-state index in [9.17, 15) is 14.4 Å². The Bertz CT molecular complexity index is 1460. The van der Waals surface area contributed by atoms with Crippen molar-refractivity contribution in [1.82, 2.24) is 14.4 Å². The van der Waals surface area contributed by atoms with Crippen LogP contribution in [-0.2, 0) is 16.1 Å². The first kappa shape index (κ1) is 26.3. The van der Waals surface area contributed by atoms with E-state index >= 15 is 0 Å². The molecule has 194 valence electrons. The number of pyridine rings is 1. The minimum absolute atomic E-state index is 0.00111. The van der Waals surface area contributed by atoms with Crippen LogP contribution in [0, 0.1) is 0 Å². The highest BCUT2D eigenvalue weighted by Gasteiger charge is 2.21. The lowest BCUT2D eigenvalue weighted by Gasteiger charge is -2.22. The number of thiophene rings is 1. The Morgan fingerprint density at radius 2 is 1.84 bits per heavy atom. The van der Waals surface area contributed by atoms with Crippen molar-refractivity contribution in [3.63, 3.8) is 0 Å². The number of hydrogen-bond acceptors (Lipinski definition) is 6. The summed E-state index contributed by atoms with van der Waals surface area (Å²) >= 11 is 1.51. The molecule has 0 saturated heterocycles. The van der Waals surface area contributed by atoms with Crippen LogP contribution in [0.2, 0.25) is 0 Å². The fourth-order valence-electron chi connectivity index (χ4n) is 4.37. The molecule has 0 radical (unpaired) electrons. The van der Waals surface area contributed by atoms with E-state index in [0.717, 1.165) is 33.5 Å². The molecule has 2 amide bonds. The maximum absolute atomic E-state index is 13.2. The highest BCUT2D eigenvalue weighted by atomic mass is 32.1. The molecule has 9 heteroatoms. The van der Waals surface area contributed by atoms with Crippen LogP contribution in [0.5, 0.6) is 0 Å². The fraction of sp³-hybridized carbons (Fsp3) is 0.357. The van der Waals surface area contributed by atoms with Gasteiger partial charge < -0.3 is 20.1 Å². The molecule has 1 aliphatic rings. The molecule has 1 aromatic carbocycles. The highest BCUT2D eigenvalue weighted by molar-refractivity contribution is 7.22. The summed E-state index contributed by atoms with van der Waals surface area (Å²) in [5, 5.41) is 0.576. The molecular formula is C28H33N5O3S. The molecule has 0 fully saturated rings. The van der Waals surface area contributed by atoms with E-state index < -0.39 is 0 Å². The Balaban J connectivity index is 1.68. The Morgan fingerprint density at radius 3 is 2.51 bits per heavy atom. The van der Waals surface area contributed by atoms with Gasteiger partial charge in [0, 0.05) is 60.5 Å². The summed E-state index contributed by atoms with van der Waals surface area (Å²) in [4.78, 5) is 47.2. The average Bonchev–Trinajstić information content (AvgIpc) is 3.23. The molecule has 0 saturated carbocycles. The van der Waals surface area contributed by atoms with Crippen LogP contribution in [-0.4, -0.2) is 59.2 Å². The van der Waals surface area contributed by atoms with Gasteiger partial charge in [-0.1, -0.05) is 26.0 Å². The molecule has 3 aromatic rings. The molecule has 37 heavy (non-hydrogen) atoms. The molecule has 2 aromatic heterocycles. The molecule has 2 N–H and O–H groups in total. The molecule has 1 aliphatic heterocycles. The zero-order valence-electron chi connectivity index (χ0n) is 21.8. The van der Waals surface area contributed by atoms with Gasteiger partial charge in [0.2, 0.25) is 11.8 Å². The van der Waals surface area contributed by atoms with Crippen molar-refractivity contribution in [2.24, 2.45) is 10.7 Å². The van der Waals surface area contributed by atoms with Crippen molar-refractivity contribution in [3.05, 3.63) is 58.0 Å². The second-order valence-electron chi connectivity index (χ2n) is 9.44. The first-order valence-electron chi connectivity index (χ1n) is 12.5. The zero-order chi connectivity index (χ0) is 26.7. The molecule has 0 atom stereocenters. The number of benzene rings is 1. The number of aromatic nitrogens is 1. The number of rotatable bonds is 8. The monoisotopic (exact) mass is 519 g/mol. The number of carbonyl (C=O) groups is 2. The topological polar surface area (TPSA) is 101 Å². The van der Waals surface area contributed by atoms with Gasteiger partial charge in [0.15, 0.2) is 0 Å². The normalized spacial score (nSPS) is 13.0. The standard InChI is InChI=1S/C28H33N5O3S/c1-5-10-32(11-6-2)27(35)20-13-18-7-8-19(14-22(18)30-25(29)15-20)24-16-21-23(37-24)9-12-33(28(21)36)17-26(34)31(3)4/h7-9,12-14,16H,5-6,10-11,15,17H2,1-4H3,(H2,29,30). The summed E-state index contributed by atoms with van der Waals surface area (Å²) < 4.78 is 2.29. The van der Waals surface area contributed by atoms with Crippen LogP contribution in [0.15, 0.2) is 51.9 Å². The molecule has 0 aliphatic carbocycles. The highest BCUT2D eigenvalue weighted by Crippen LogP contribution is 2.36. The van der Waals surface area contributed by atoms with Crippen molar-refractivity contribution >= 4 is 50.8 Å². The number of hydrogen-bond donors (Lipinski definition) is 1. The number of nitrogens with two attached hydrogens (primary N) is 1. The average molecular weight is 520 g/mol. The Hall–Kier alpha value is -3.72. The van der Waals surface area contributed by atoms with E-state index in [2.05, 4.69) is 18.8 Å². The summed E-state index contributed by atoms with van der Waals surface area (Å²) in [6, 6.07) is 9.60.